The molecule has 0 aliphatic rings. The lowest BCUT2D eigenvalue weighted by atomic mass is 10.1. The summed E-state index contributed by atoms with van der Waals surface area (Å²) in [5.41, 5.74) is 0. The van der Waals surface area contributed by atoms with Crippen LogP contribution in [0.15, 0.2) is 0 Å². The molecule has 0 aromatic heterocycles. The van der Waals surface area contributed by atoms with Gasteiger partial charge in [-0.15, -0.1) is 0 Å². The van der Waals surface area contributed by atoms with E-state index in [0.717, 1.165) is 32.2 Å². The summed E-state index contributed by atoms with van der Waals surface area (Å²) < 4.78 is 0. The van der Waals surface area contributed by atoms with E-state index in [1.165, 1.54) is 0 Å². The molecule has 0 rings (SSSR count). The Labute approximate surface area is 134 Å². The van der Waals surface area contributed by atoms with E-state index in [2.05, 4.69) is 21.2 Å². The lowest BCUT2D eigenvalue weighted by Gasteiger charge is -2.16. The third-order valence-corrected chi connectivity index (χ3v) is 3.55. The number of hydrogen-bond donors (Lipinski definition) is 5. The zero-order chi connectivity index (χ0) is 16.8. The number of amides is 1. The summed E-state index contributed by atoms with van der Waals surface area (Å²) in [7, 11) is 8.85. The summed E-state index contributed by atoms with van der Waals surface area (Å²) in [6.45, 7) is 1.50. The average Bonchev–Trinajstić information content (AvgIpc) is 2.50. The fourth-order valence-electron chi connectivity index (χ4n) is 2.14. The Morgan fingerprint density at radius 3 is 2.09 bits per heavy atom. The maximum atomic E-state index is 12.0. The van der Waals surface area contributed by atoms with Gasteiger partial charge in [0.25, 0.3) is 0 Å². The van der Waals surface area contributed by atoms with Crippen molar-refractivity contribution in [1.82, 2.24) is 21.2 Å². The number of carboxylic acids is 1. The highest BCUT2D eigenvalue weighted by Crippen LogP contribution is 2.02. The topological polar surface area (TPSA) is 102 Å². The first-order chi connectivity index (χ1) is 10.6. The van der Waals surface area contributed by atoms with Crippen LogP contribution in [0, 0.1) is 0 Å². The van der Waals surface area contributed by atoms with Crippen LogP contribution in [0.4, 0.5) is 0 Å². The van der Waals surface area contributed by atoms with Gasteiger partial charge in [0, 0.05) is 6.54 Å². The average molecular weight is 312 g/mol. The van der Waals surface area contributed by atoms with Crippen molar-refractivity contribution in [2.45, 2.75) is 50.6 Å². The van der Waals surface area contributed by atoms with Crippen molar-refractivity contribution in [3.8, 4) is 0 Å². The molecule has 2 atom stereocenters. The van der Waals surface area contributed by atoms with E-state index in [0.29, 0.717) is 19.4 Å². The van der Waals surface area contributed by atoms with Crippen LogP contribution < -0.4 is 21.2 Å². The van der Waals surface area contributed by atoms with Gasteiger partial charge in [0.1, 0.15) is 0 Å². The minimum Gasteiger partial charge on any atom is -0.480 e. The van der Waals surface area contributed by atoms with Crippen molar-refractivity contribution in [2.24, 2.45) is 0 Å². The van der Waals surface area contributed by atoms with Gasteiger partial charge in [0.15, 0.2) is 7.98 Å². The largest absolute Gasteiger partial charge is 0.480 e. The van der Waals surface area contributed by atoms with Gasteiger partial charge in [0.05, 0.1) is 12.1 Å². The van der Waals surface area contributed by atoms with Gasteiger partial charge in [-0.2, -0.15) is 0 Å². The fourth-order valence-corrected chi connectivity index (χ4v) is 2.14. The summed E-state index contributed by atoms with van der Waals surface area (Å²) in [6, 6.07) is -0.901. The van der Waals surface area contributed by atoms with Crippen molar-refractivity contribution in [1.29, 1.82) is 0 Å². The van der Waals surface area contributed by atoms with Crippen LogP contribution in [-0.4, -0.2) is 64.2 Å². The molecule has 8 heteroatoms. The number of unbranched alkanes of at least 4 members (excludes halogenated alkanes) is 2. The summed E-state index contributed by atoms with van der Waals surface area (Å²) >= 11 is 0. The van der Waals surface area contributed by atoms with Gasteiger partial charge in [0.2, 0.25) is 5.91 Å². The van der Waals surface area contributed by atoms with Crippen molar-refractivity contribution < 1.29 is 14.7 Å². The van der Waals surface area contributed by atoms with Crippen LogP contribution in [0.3, 0.4) is 0 Å². The molecule has 0 fully saturated rings. The van der Waals surface area contributed by atoms with Gasteiger partial charge in [-0.05, 0) is 52.7 Å². The molecule has 0 aliphatic carbocycles. The Morgan fingerprint density at radius 2 is 1.59 bits per heavy atom. The van der Waals surface area contributed by atoms with Crippen molar-refractivity contribution in [2.75, 3.05) is 27.2 Å². The summed E-state index contributed by atoms with van der Waals surface area (Å²) in [4.78, 5) is 22.7. The lowest BCUT2D eigenvalue weighted by Crippen LogP contribution is -2.43. The number of rotatable bonds is 14. The molecule has 0 aromatic carbocycles. The van der Waals surface area contributed by atoms with Crippen LogP contribution in [0.1, 0.15) is 38.5 Å². The molecule has 0 saturated carbocycles. The Hall–Kier alpha value is -1.12. The number of hydrogen-bond acceptors (Lipinski definition) is 5. The molecule has 0 aromatic rings. The zero-order valence-corrected chi connectivity index (χ0v) is 13.7. The molecule has 2 unspecified atom stereocenters. The molecule has 0 bridgehead atoms. The second kappa shape index (κ2) is 13.5. The molecular formula is C14H29BN4O3. The number of carbonyl (C=O) groups is 2. The fraction of sp³-hybridized carbons (Fsp3) is 0.857. The SMILES string of the molecule is [B]NC(CCCCNC(=O)C(CCCCNC)NC)C(=O)O. The van der Waals surface area contributed by atoms with Crippen molar-refractivity contribution >= 4 is 19.9 Å². The third-order valence-electron chi connectivity index (χ3n) is 3.55. The number of likely N-dealkylation sites (N-methyl/N-ethyl adjacent to an activating group) is 1. The van der Waals surface area contributed by atoms with Crippen LogP contribution in [-0.2, 0) is 9.59 Å². The van der Waals surface area contributed by atoms with E-state index in [-0.39, 0.29) is 11.9 Å². The van der Waals surface area contributed by atoms with Crippen LogP contribution >= 0.6 is 0 Å². The third kappa shape index (κ3) is 9.75. The molecule has 0 aliphatic heterocycles. The monoisotopic (exact) mass is 312 g/mol. The molecule has 126 valence electrons. The second-order valence-corrected chi connectivity index (χ2v) is 5.28. The van der Waals surface area contributed by atoms with Crippen LogP contribution in [0.5, 0.6) is 0 Å². The molecule has 2 radical (unpaired) electrons. The highest BCUT2D eigenvalue weighted by molar-refractivity contribution is 6.06. The van der Waals surface area contributed by atoms with Crippen molar-refractivity contribution in [3.05, 3.63) is 0 Å². The molecule has 0 heterocycles. The molecule has 5 N–H and O–H groups in total. The Bertz CT molecular complexity index is 318. The summed E-state index contributed by atoms with van der Waals surface area (Å²) in [5, 5.41) is 20.1. The van der Waals surface area contributed by atoms with Crippen LogP contribution in [0.2, 0.25) is 0 Å². The molecule has 0 saturated heterocycles. The minimum absolute atomic E-state index is 0.00121. The van der Waals surface area contributed by atoms with E-state index in [1.807, 2.05) is 7.05 Å². The number of carboxylic acid groups (broad SMARTS) is 1. The molecule has 22 heavy (non-hydrogen) atoms. The van der Waals surface area contributed by atoms with E-state index in [9.17, 15) is 9.59 Å². The predicted molar refractivity (Wildman–Crippen MR) is 87.8 cm³/mol. The van der Waals surface area contributed by atoms with E-state index in [4.69, 9.17) is 13.1 Å². The quantitative estimate of drug-likeness (QED) is 0.216. The smallest absolute Gasteiger partial charge is 0.319 e. The number of carbonyl (C=O) groups excluding carboxylic acids is 1. The van der Waals surface area contributed by atoms with Crippen molar-refractivity contribution in [3.63, 3.8) is 0 Å². The summed E-state index contributed by atoms with van der Waals surface area (Å²) in [6.07, 6.45) is 4.71. The Kier molecular flexibility index (Phi) is 12.9. The van der Waals surface area contributed by atoms with E-state index >= 15 is 0 Å². The van der Waals surface area contributed by atoms with Crippen LogP contribution in [0.25, 0.3) is 0 Å². The first-order valence-corrected chi connectivity index (χ1v) is 7.85. The zero-order valence-electron chi connectivity index (χ0n) is 13.7. The maximum absolute atomic E-state index is 12.0. The second-order valence-electron chi connectivity index (χ2n) is 5.28. The normalized spacial score (nSPS) is 13.5. The number of aliphatic carboxylic acids is 1. The molecule has 7 nitrogen and oxygen atoms in total. The molecule has 0 spiro atoms. The lowest BCUT2D eigenvalue weighted by molar-refractivity contribution is -0.139. The first-order valence-electron chi connectivity index (χ1n) is 7.85. The van der Waals surface area contributed by atoms with E-state index in [1.54, 1.807) is 7.05 Å². The Morgan fingerprint density at radius 1 is 1.00 bits per heavy atom. The standard InChI is InChI=1S/C14H29BN4O3/c1-16-9-5-3-7-11(17-2)13(20)18-10-6-4-8-12(19-15)14(21)22/h11-12,16-17,19H,3-10H2,1-2H3,(H,18,20)(H,21,22). The highest BCUT2D eigenvalue weighted by atomic mass is 16.4. The molecular weight excluding hydrogens is 283 g/mol. The first kappa shape index (κ1) is 20.9. The predicted octanol–water partition coefficient (Wildman–Crippen LogP) is -0.623. The van der Waals surface area contributed by atoms with Gasteiger partial charge >= 0.3 is 5.97 Å². The highest BCUT2D eigenvalue weighted by Gasteiger charge is 2.16. The van der Waals surface area contributed by atoms with Gasteiger partial charge in [-0.1, -0.05) is 6.42 Å². The minimum atomic E-state index is -0.955. The Balaban J connectivity index is 3.79. The number of nitrogens with one attached hydrogen (secondary N) is 4. The summed E-state index contributed by atoms with van der Waals surface area (Å²) in [5.74, 6) is -0.956. The van der Waals surface area contributed by atoms with Gasteiger partial charge in [-0.25, -0.2) is 0 Å². The maximum Gasteiger partial charge on any atom is 0.319 e. The molecule has 1 amide bonds. The van der Waals surface area contributed by atoms with E-state index < -0.39 is 12.0 Å². The van der Waals surface area contributed by atoms with Gasteiger partial charge in [-0.3, -0.25) is 9.59 Å². The van der Waals surface area contributed by atoms with Gasteiger partial charge < -0.3 is 26.3 Å².